The molecule has 3 nitrogen and oxygen atoms in total. The molecule has 2 bridgehead atoms. The van der Waals surface area contributed by atoms with Crippen molar-refractivity contribution in [3.63, 3.8) is 0 Å². The number of hydrogen-bond acceptors (Lipinski definition) is 3. The molecule has 94 valence electrons. The summed E-state index contributed by atoms with van der Waals surface area (Å²) in [6.07, 6.45) is 4.67. The first-order chi connectivity index (χ1) is 8.69. The van der Waals surface area contributed by atoms with Gasteiger partial charge in [-0.1, -0.05) is 6.07 Å². The Morgan fingerprint density at radius 2 is 1.94 bits per heavy atom. The molecule has 2 aliphatic heterocycles. The lowest BCUT2D eigenvalue weighted by Crippen LogP contribution is -2.47. The van der Waals surface area contributed by atoms with E-state index in [1.165, 1.54) is 24.1 Å². The maximum atomic E-state index is 9.05. The molecule has 0 aliphatic carbocycles. The molecule has 0 spiro atoms. The van der Waals surface area contributed by atoms with Crippen LogP contribution in [0, 0.1) is 18.3 Å². The van der Waals surface area contributed by atoms with Crippen LogP contribution in [0.1, 0.15) is 36.8 Å². The third kappa shape index (κ3) is 1.77. The summed E-state index contributed by atoms with van der Waals surface area (Å²) in [6, 6.07) is 9.75. The Labute approximate surface area is 108 Å². The quantitative estimate of drug-likeness (QED) is 0.821. The fraction of sp³-hybridized carbons (Fsp3) is 0.533. The van der Waals surface area contributed by atoms with Crippen molar-refractivity contribution in [2.24, 2.45) is 5.73 Å². The van der Waals surface area contributed by atoms with Crippen molar-refractivity contribution in [2.75, 3.05) is 4.90 Å². The van der Waals surface area contributed by atoms with Crippen molar-refractivity contribution in [1.29, 1.82) is 5.26 Å². The van der Waals surface area contributed by atoms with Gasteiger partial charge in [-0.15, -0.1) is 0 Å². The number of nitrogens with zero attached hydrogens (tertiary/aromatic N) is 2. The average molecular weight is 241 g/mol. The van der Waals surface area contributed by atoms with E-state index in [9.17, 15) is 0 Å². The third-order valence-electron chi connectivity index (χ3n) is 4.39. The second-order valence-corrected chi connectivity index (χ2v) is 5.64. The van der Waals surface area contributed by atoms with E-state index in [4.69, 9.17) is 11.0 Å². The standard InChI is InChI=1S/C15H19N3/c1-10-2-3-11(9-16)6-15(10)18-13-4-5-14(18)8-12(17)7-13/h2-3,6,12-14H,4-5,7-8,17H2,1H3. The SMILES string of the molecule is Cc1ccc(C#N)cc1N1C2CCC1CC(N)C2. The van der Waals surface area contributed by atoms with Crippen molar-refractivity contribution < 1.29 is 0 Å². The summed E-state index contributed by atoms with van der Waals surface area (Å²) in [5.41, 5.74) is 9.37. The summed E-state index contributed by atoms with van der Waals surface area (Å²) >= 11 is 0. The highest BCUT2D eigenvalue weighted by Crippen LogP contribution is 2.40. The van der Waals surface area contributed by atoms with Crippen LogP contribution in [-0.2, 0) is 0 Å². The first-order valence-corrected chi connectivity index (χ1v) is 6.73. The van der Waals surface area contributed by atoms with Crippen LogP contribution in [0.4, 0.5) is 5.69 Å². The highest BCUT2D eigenvalue weighted by atomic mass is 15.2. The topological polar surface area (TPSA) is 53.0 Å². The molecule has 2 heterocycles. The van der Waals surface area contributed by atoms with Crippen LogP contribution in [0.2, 0.25) is 0 Å². The molecule has 0 amide bonds. The maximum absolute atomic E-state index is 9.05. The Balaban J connectivity index is 1.98. The first kappa shape index (κ1) is 11.6. The van der Waals surface area contributed by atoms with Crippen molar-refractivity contribution in [1.82, 2.24) is 0 Å². The van der Waals surface area contributed by atoms with Crippen LogP contribution in [0.3, 0.4) is 0 Å². The lowest BCUT2D eigenvalue weighted by Gasteiger charge is -2.40. The second-order valence-electron chi connectivity index (χ2n) is 5.64. The number of rotatable bonds is 1. The number of nitrogens with two attached hydrogens (primary N) is 1. The van der Waals surface area contributed by atoms with E-state index in [1.54, 1.807) is 0 Å². The van der Waals surface area contributed by atoms with E-state index in [-0.39, 0.29) is 0 Å². The average Bonchev–Trinajstić information content (AvgIpc) is 2.63. The Kier molecular flexibility index (Phi) is 2.76. The van der Waals surface area contributed by atoms with Crippen LogP contribution in [0.25, 0.3) is 0 Å². The van der Waals surface area contributed by atoms with Crippen LogP contribution < -0.4 is 10.6 Å². The predicted molar refractivity (Wildman–Crippen MR) is 72.4 cm³/mol. The number of anilines is 1. The minimum atomic E-state index is 0.359. The predicted octanol–water partition coefficient (Wildman–Crippen LogP) is 2.33. The fourth-order valence-corrected chi connectivity index (χ4v) is 3.57. The van der Waals surface area contributed by atoms with Gasteiger partial charge in [-0.25, -0.2) is 0 Å². The number of aryl methyl sites for hydroxylation is 1. The third-order valence-corrected chi connectivity index (χ3v) is 4.39. The number of benzene rings is 1. The smallest absolute Gasteiger partial charge is 0.0992 e. The summed E-state index contributed by atoms with van der Waals surface area (Å²) < 4.78 is 0. The fourth-order valence-electron chi connectivity index (χ4n) is 3.57. The molecule has 2 saturated heterocycles. The molecule has 0 saturated carbocycles. The Morgan fingerprint density at radius 3 is 2.56 bits per heavy atom. The molecule has 18 heavy (non-hydrogen) atoms. The molecule has 3 heteroatoms. The van der Waals surface area contributed by atoms with E-state index in [0.29, 0.717) is 18.1 Å². The second kappa shape index (κ2) is 4.29. The molecular weight excluding hydrogens is 222 g/mol. The molecule has 3 rings (SSSR count). The van der Waals surface area contributed by atoms with E-state index in [1.807, 2.05) is 12.1 Å². The minimum absolute atomic E-state index is 0.359. The minimum Gasteiger partial charge on any atom is -0.365 e. The summed E-state index contributed by atoms with van der Waals surface area (Å²) in [4.78, 5) is 2.53. The molecule has 1 aromatic carbocycles. The largest absolute Gasteiger partial charge is 0.365 e. The van der Waals surface area contributed by atoms with E-state index in [0.717, 1.165) is 18.4 Å². The van der Waals surface area contributed by atoms with Crippen LogP contribution in [-0.4, -0.2) is 18.1 Å². The number of fused-ring (bicyclic) bond motifs is 2. The maximum Gasteiger partial charge on any atom is 0.0992 e. The number of piperidine rings is 1. The van der Waals surface area contributed by atoms with Gasteiger partial charge in [0.1, 0.15) is 0 Å². The zero-order valence-electron chi connectivity index (χ0n) is 10.8. The Hall–Kier alpha value is -1.53. The van der Waals surface area contributed by atoms with Gasteiger partial charge in [0.05, 0.1) is 11.6 Å². The van der Waals surface area contributed by atoms with Gasteiger partial charge < -0.3 is 10.6 Å². The van der Waals surface area contributed by atoms with Gasteiger partial charge in [0.25, 0.3) is 0 Å². The molecule has 2 atom stereocenters. The van der Waals surface area contributed by atoms with Crippen LogP contribution in [0.15, 0.2) is 18.2 Å². The summed E-state index contributed by atoms with van der Waals surface area (Å²) in [5.74, 6) is 0. The molecular formula is C15H19N3. The van der Waals surface area contributed by atoms with Gasteiger partial charge in [0, 0.05) is 23.8 Å². The normalized spacial score (nSPS) is 30.3. The van der Waals surface area contributed by atoms with E-state index in [2.05, 4.69) is 24.0 Å². The zero-order chi connectivity index (χ0) is 12.7. The van der Waals surface area contributed by atoms with Crippen molar-refractivity contribution in [2.45, 2.75) is 50.7 Å². The van der Waals surface area contributed by atoms with Gasteiger partial charge >= 0.3 is 0 Å². The van der Waals surface area contributed by atoms with Crippen LogP contribution in [0.5, 0.6) is 0 Å². The van der Waals surface area contributed by atoms with Gasteiger partial charge in [-0.3, -0.25) is 0 Å². The van der Waals surface area contributed by atoms with Crippen molar-refractivity contribution >= 4 is 5.69 Å². The summed E-state index contributed by atoms with van der Waals surface area (Å²) in [7, 11) is 0. The van der Waals surface area contributed by atoms with Gasteiger partial charge in [-0.2, -0.15) is 5.26 Å². The van der Waals surface area contributed by atoms with E-state index < -0.39 is 0 Å². The lowest BCUT2D eigenvalue weighted by molar-refractivity contribution is 0.414. The van der Waals surface area contributed by atoms with Gasteiger partial charge in [0.2, 0.25) is 0 Å². The molecule has 2 aliphatic rings. The summed E-state index contributed by atoms with van der Waals surface area (Å²) in [6.45, 7) is 2.13. The lowest BCUT2D eigenvalue weighted by atomic mass is 9.96. The Bertz CT molecular complexity index is 489. The molecule has 0 aromatic heterocycles. The van der Waals surface area contributed by atoms with Gasteiger partial charge in [-0.05, 0) is 50.3 Å². The first-order valence-electron chi connectivity index (χ1n) is 6.73. The highest BCUT2D eigenvalue weighted by molar-refractivity contribution is 5.59. The number of nitriles is 1. The Morgan fingerprint density at radius 1 is 1.28 bits per heavy atom. The van der Waals surface area contributed by atoms with Gasteiger partial charge in [0.15, 0.2) is 0 Å². The molecule has 2 fully saturated rings. The van der Waals surface area contributed by atoms with Crippen LogP contribution >= 0.6 is 0 Å². The molecule has 2 unspecified atom stereocenters. The van der Waals surface area contributed by atoms with Crippen molar-refractivity contribution in [3.05, 3.63) is 29.3 Å². The number of hydrogen-bond donors (Lipinski definition) is 1. The highest BCUT2D eigenvalue weighted by Gasteiger charge is 2.40. The van der Waals surface area contributed by atoms with E-state index >= 15 is 0 Å². The molecule has 2 N–H and O–H groups in total. The zero-order valence-corrected chi connectivity index (χ0v) is 10.8. The monoisotopic (exact) mass is 241 g/mol. The molecule has 1 aromatic rings. The van der Waals surface area contributed by atoms with Crippen molar-refractivity contribution in [3.8, 4) is 6.07 Å². The molecule has 0 radical (unpaired) electrons. The summed E-state index contributed by atoms with van der Waals surface area (Å²) in [5, 5.41) is 9.05.